The molecule has 28 heavy (non-hydrogen) atoms. The lowest BCUT2D eigenvalue weighted by atomic mass is 10.1. The van der Waals surface area contributed by atoms with E-state index in [1.807, 2.05) is 53.4 Å². The van der Waals surface area contributed by atoms with E-state index in [9.17, 15) is 9.18 Å². The summed E-state index contributed by atoms with van der Waals surface area (Å²) in [6, 6.07) is 22.4. The van der Waals surface area contributed by atoms with Crippen molar-refractivity contribution in [2.75, 3.05) is 6.54 Å². The fourth-order valence-electron chi connectivity index (χ4n) is 3.84. The van der Waals surface area contributed by atoms with Crippen LogP contribution in [0.1, 0.15) is 41.4 Å². The normalized spacial score (nSPS) is 16.3. The van der Waals surface area contributed by atoms with Crippen LogP contribution in [-0.4, -0.2) is 22.3 Å². The van der Waals surface area contributed by atoms with Crippen LogP contribution in [0.25, 0.3) is 0 Å². The molecular formula is C24H23FN2O. The quantitative estimate of drug-likeness (QED) is 0.648. The van der Waals surface area contributed by atoms with Crippen LogP contribution in [0, 0.1) is 5.82 Å². The number of amides is 1. The molecule has 1 aliphatic rings. The van der Waals surface area contributed by atoms with Crippen molar-refractivity contribution in [3.8, 4) is 0 Å². The first-order chi connectivity index (χ1) is 13.7. The second kappa shape index (κ2) is 8.34. The SMILES string of the molecule is O=C(Cc1ccccc1)N1CCC[C@H]1c1cccc(Cc2ccc(F)cc2)n1. The molecule has 0 radical (unpaired) electrons. The molecule has 4 rings (SSSR count). The van der Waals surface area contributed by atoms with Crippen molar-refractivity contribution in [3.05, 3.63) is 101 Å². The summed E-state index contributed by atoms with van der Waals surface area (Å²) in [5, 5.41) is 0. The van der Waals surface area contributed by atoms with Gasteiger partial charge >= 0.3 is 0 Å². The first kappa shape index (κ1) is 18.4. The molecule has 0 saturated carbocycles. The van der Waals surface area contributed by atoms with Crippen LogP contribution in [0.2, 0.25) is 0 Å². The first-order valence-electron chi connectivity index (χ1n) is 9.73. The molecular weight excluding hydrogens is 351 g/mol. The Bertz CT molecular complexity index is 940. The van der Waals surface area contributed by atoms with Crippen molar-refractivity contribution in [1.82, 2.24) is 9.88 Å². The predicted molar refractivity (Wildman–Crippen MR) is 107 cm³/mol. The van der Waals surface area contributed by atoms with Gasteiger partial charge in [-0.15, -0.1) is 0 Å². The summed E-state index contributed by atoms with van der Waals surface area (Å²) in [4.78, 5) is 19.7. The number of aromatic nitrogens is 1. The molecule has 1 atom stereocenters. The number of likely N-dealkylation sites (tertiary alicyclic amines) is 1. The molecule has 3 aromatic rings. The van der Waals surface area contributed by atoms with Gasteiger partial charge in [0.1, 0.15) is 5.82 Å². The van der Waals surface area contributed by atoms with Gasteiger partial charge < -0.3 is 4.90 Å². The maximum atomic E-state index is 13.1. The van der Waals surface area contributed by atoms with Crippen molar-refractivity contribution < 1.29 is 9.18 Å². The summed E-state index contributed by atoms with van der Waals surface area (Å²) in [6.45, 7) is 0.778. The van der Waals surface area contributed by atoms with E-state index in [0.717, 1.165) is 41.9 Å². The van der Waals surface area contributed by atoms with Crippen LogP contribution < -0.4 is 0 Å². The standard InChI is InChI=1S/C24H23FN2O/c25-20-13-11-19(12-14-20)16-21-8-4-9-22(26-21)23-10-5-15-27(23)24(28)17-18-6-2-1-3-7-18/h1-4,6-9,11-14,23H,5,10,15-17H2/t23-/m0/s1. The van der Waals surface area contributed by atoms with E-state index >= 15 is 0 Å². The summed E-state index contributed by atoms with van der Waals surface area (Å²) >= 11 is 0. The van der Waals surface area contributed by atoms with Crippen LogP contribution >= 0.6 is 0 Å². The van der Waals surface area contributed by atoms with Crippen LogP contribution in [-0.2, 0) is 17.6 Å². The number of hydrogen-bond donors (Lipinski definition) is 0. The summed E-state index contributed by atoms with van der Waals surface area (Å²) in [6.07, 6.45) is 3.01. The van der Waals surface area contributed by atoms with Crippen LogP contribution in [0.15, 0.2) is 72.8 Å². The average Bonchev–Trinajstić information content (AvgIpc) is 3.21. The third kappa shape index (κ3) is 4.28. The number of hydrogen-bond acceptors (Lipinski definition) is 2. The number of pyridine rings is 1. The molecule has 0 spiro atoms. The molecule has 3 nitrogen and oxygen atoms in total. The summed E-state index contributed by atoms with van der Waals surface area (Å²) in [7, 11) is 0. The number of rotatable bonds is 5. The van der Waals surface area contributed by atoms with Crippen LogP contribution in [0.3, 0.4) is 0 Å². The minimum atomic E-state index is -0.232. The van der Waals surface area contributed by atoms with Gasteiger partial charge in [-0.3, -0.25) is 9.78 Å². The maximum absolute atomic E-state index is 13.1. The van der Waals surface area contributed by atoms with Crippen molar-refractivity contribution in [2.45, 2.75) is 31.7 Å². The molecule has 2 aromatic carbocycles. The number of nitrogens with zero attached hydrogens (tertiary/aromatic N) is 2. The second-order valence-electron chi connectivity index (χ2n) is 7.26. The number of benzene rings is 2. The molecule has 4 heteroatoms. The van der Waals surface area contributed by atoms with Crippen molar-refractivity contribution in [2.24, 2.45) is 0 Å². The highest BCUT2D eigenvalue weighted by molar-refractivity contribution is 5.79. The Balaban J connectivity index is 1.49. The smallest absolute Gasteiger partial charge is 0.227 e. The zero-order chi connectivity index (χ0) is 19.3. The van der Waals surface area contributed by atoms with Gasteiger partial charge in [-0.05, 0) is 48.2 Å². The van der Waals surface area contributed by atoms with E-state index in [0.29, 0.717) is 12.8 Å². The molecule has 1 aliphatic heterocycles. The van der Waals surface area contributed by atoms with E-state index in [1.165, 1.54) is 12.1 Å². The zero-order valence-electron chi connectivity index (χ0n) is 15.7. The highest BCUT2D eigenvalue weighted by atomic mass is 19.1. The highest BCUT2D eigenvalue weighted by Crippen LogP contribution is 2.31. The lowest BCUT2D eigenvalue weighted by Gasteiger charge is -2.25. The van der Waals surface area contributed by atoms with Crippen LogP contribution in [0.4, 0.5) is 4.39 Å². The largest absolute Gasteiger partial charge is 0.334 e. The van der Waals surface area contributed by atoms with Gasteiger partial charge in [0.15, 0.2) is 0 Å². The number of halogens is 1. The topological polar surface area (TPSA) is 33.2 Å². The van der Waals surface area contributed by atoms with Gasteiger partial charge in [0.05, 0.1) is 18.2 Å². The molecule has 0 bridgehead atoms. The van der Waals surface area contributed by atoms with Gasteiger partial charge in [-0.2, -0.15) is 0 Å². The van der Waals surface area contributed by atoms with Crippen molar-refractivity contribution in [1.29, 1.82) is 0 Å². The molecule has 142 valence electrons. The van der Waals surface area contributed by atoms with E-state index in [4.69, 9.17) is 4.98 Å². The number of carbonyl (C=O) groups excluding carboxylic acids is 1. The van der Waals surface area contributed by atoms with E-state index in [1.54, 1.807) is 12.1 Å². The molecule has 1 saturated heterocycles. The van der Waals surface area contributed by atoms with E-state index in [-0.39, 0.29) is 17.8 Å². The first-order valence-corrected chi connectivity index (χ1v) is 9.73. The zero-order valence-corrected chi connectivity index (χ0v) is 15.7. The fraction of sp³-hybridized carbons (Fsp3) is 0.250. The van der Waals surface area contributed by atoms with Gasteiger partial charge in [0, 0.05) is 18.7 Å². The van der Waals surface area contributed by atoms with E-state index < -0.39 is 0 Å². The average molecular weight is 374 g/mol. The van der Waals surface area contributed by atoms with Crippen molar-refractivity contribution in [3.63, 3.8) is 0 Å². The van der Waals surface area contributed by atoms with Gasteiger partial charge in [0.2, 0.25) is 5.91 Å². The molecule has 1 amide bonds. The Kier molecular flexibility index (Phi) is 5.47. The Labute approximate surface area is 164 Å². The lowest BCUT2D eigenvalue weighted by Crippen LogP contribution is -2.32. The highest BCUT2D eigenvalue weighted by Gasteiger charge is 2.30. The monoisotopic (exact) mass is 374 g/mol. The van der Waals surface area contributed by atoms with E-state index in [2.05, 4.69) is 0 Å². The lowest BCUT2D eigenvalue weighted by molar-refractivity contribution is -0.131. The number of carbonyl (C=O) groups is 1. The Morgan fingerprint density at radius 3 is 2.54 bits per heavy atom. The molecule has 1 fully saturated rings. The molecule has 1 aromatic heterocycles. The van der Waals surface area contributed by atoms with Gasteiger partial charge in [0.25, 0.3) is 0 Å². The maximum Gasteiger partial charge on any atom is 0.227 e. The van der Waals surface area contributed by atoms with Gasteiger partial charge in [-0.25, -0.2) is 4.39 Å². The summed E-state index contributed by atoms with van der Waals surface area (Å²) < 4.78 is 13.1. The molecule has 0 unspecified atom stereocenters. The Morgan fingerprint density at radius 1 is 0.964 bits per heavy atom. The molecule has 2 heterocycles. The molecule has 0 aliphatic carbocycles. The third-order valence-electron chi connectivity index (χ3n) is 5.24. The van der Waals surface area contributed by atoms with Gasteiger partial charge in [-0.1, -0.05) is 48.5 Å². The predicted octanol–water partition coefficient (Wildman–Crippen LogP) is 4.72. The second-order valence-corrected chi connectivity index (χ2v) is 7.26. The minimum absolute atomic E-state index is 0.0318. The Morgan fingerprint density at radius 2 is 1.75 bits per heavy atom. The third-order valence-corrected chi connectivity index (χ3v) is 5.24. The van der Waals surface area contributed by atoms with Crippen LogP contribution in [0.5, 0.6) is 0 Å². The molecule has 0 N–H and O–H groups in total. The summed E-state index contributed by atoms with van der Waals surface area (Å²) in [5.74, 6) is -0.0802. The van der Waals surface area contributed by atoms with Crippen molar-refractivity contribution >= 4 is 5.91 Å². The fourth-order valence-corrected chi connectivity index (χ4v) is 3.84. The summed E-state index contributed by atoms with van der Waals surface area (Å²) in [5.41, 5.74) is 3.94. The Hall–Kier alpha value is -3.01. The minimum Gasteiger partial charge on any atom is -0.334 e.